The summed E-state index contributed by atoms with van der Waals surface area (Å²) < 4.78 is 52.3. The summed E-state index contributed by atoms with van der Waals surface area (Å²) in [4.78, 5) is 13.1. The smallest absolute Gasteiger partial charge is 0.410 e. The third-order valence-corrected chi connectivity index (χ3v) is 6.35. The zero-order chi connectivity index (χ0) is 21.8. The summed E-state index contributed by atoms with van der Waals surface area (Å²) >= 11 is 0. The molecule has 3 heterocycles. The predicted molar refractivity (Wildman–Crippen MR) is 105 cm³/mol. The minimum Gasteiger partial charge on any atom is -0.454 e. The van der Waals surface area contributed by atoms with E-state index < -0.39 is 23.7 Å². The lowest BCUT2D eigenvalue weighted by Crippen LogP contribution is -2.44. The van der Waals surface area contributed by atoms with Crippen molar-refractivity contribution in [2.45, 2.75) is 62.8 Å². The molecule has 0 bridgehead atoms. The number of alkyl halides is 3. The molecule has 1 fully saturated rings. The number of aromatic nitrogens is 2. The lowest BCUT2D eigenvalue weighted by Gasteiger charge is -2.31. The Bertz CT molecular complexity index is 1010. The first-order valence-corrected chi connectivity index (χ1v) is 10.4. The minimum atomic E-state index is -4.44. The summed E-state index contributed by atoms with van der Waals surface area (Å²) in [5.41, 5.74) is 0.246. The van der Waals surface area contributed by atoms with E-state index in [4.69, 9.17) is 9.47 Å². The van der Waals surface area contributed by atoms with Crippen LogP contribution in [0, 0.1) is 0 Å². The van der Waals surface area contributed by atoms with Gasteiger partial charge in [0.2, 0.25) is 6.79 Å². The summed E-state index contributed by atoms with van der Waals surface area (Å²) in [7, 11) is 0. The van der Waals surface area contributed by atoms with Crippen LogP contribution < -0.4 is 20.1 Å². The van der Waals surface area contributed by atoms with Gasteiger partial charge < -0.3 is 20.1 Å². The number of benzene rings is 1. The Balaban J connectivity index is 1.44. The van der Waals surface area contributed by atoms with Crippen LogP contribution in [0.3, 0.4) is 0 Å². The fourth-order valence-electron chi connectivity index (χ4n) is 4.81. The average molecular weight is 436 g/mol. The minimum absolute atomic E-state index is 0.0298. The number of anilines is 1. The van der Waals surface area contributed by atoms with Crippen molar-refractivity contribution in [2.75, 3.05) is 12.1 Å². The van der Waals surface area contributed by atoms with Crippen LogP contribution in [0.2, 0.25) is 0 Å². The van der Waals surface area contributed by atoms with Crippen molar-refractivity contribution in [3.05, 3.63) is 35.5 Å². The highest BCUT2D eigenvalue weighted by Gasteiger charge is 2.46. The summed E-state index contributed by atoms with van der Waals surface area (Å²) in [5, 5.41) is 10.1. The largest absolute Gasteiger partial charge is 0.454 e. The van der Waals surface area contributed by atoms with Crippen molar-refractivity contribution in [2.24, 2.45) is 0 Å². The first-order chi connectivity index (χ1) is 14.7. The van der Waals surface area contributed by atoms with Crippen LogP contribution in [0.4, 0.5) is 19.0 Å². The zero-order valence-electron chi connectivity index (χ0n) is 17.0. The van der Waals surface area contributed by atoms with Crippen molar-refractivity contribution in [3.8, 4) is 11.5 Å². The van der Waals surface area contributed by atoms with Gasteiger partial charge in [0, 0.05) is 12.1 Å². The summed E-state index contributed by atoms with van der Waals surface area (Å²) in [6.07, 6.45) is -1.25. The van der Waals surface area contributed by atoms with Crippen molar-refractivity contribution in [1.29, 1.82) is 0 Å². The van der Waals surface area contributed by atoms with Gasteiger partial charge in [0.25, 0.3) is 5.91 Å². The van der Waals surface area contributed by atoms with Crippen LogP contribution in [0.15, 0.2) is 24.3 Å². The Kier molecular flexibility index (Phi) is 4.56. The van der Waals surface area contributed by atoms with E-state index in [9.17, 15) is 18.0 Å². The molecule has 0 radical (unpaired) electrons. The third kappa shape index (κ3) is 3.47. The van der Waals surface area contributed by atoms with Crippen LogP contribution in [-0.2, 0) is 5.54 Å². The van der Waals surface area contributed by atoms with Gasteiger partial charge in [-0.25, -0.2) is 4.68 Å². The Morgan fingerprint density at radius 2 is 1.97 bits per heavy atom. The topological polar surface area (TPSA) is 77.4 Å². The summed E-state index contributed by atoms with van der Waals surface area (Å²) in [5.74, 6) is 0.997. The van der Waals surface area contributed by atoms with E-state index >= 15 is 0 Å². The molecule has 10 heteroatoms. The maximum absolute atomic E-state index is 13.5. The maximum atomic E-state index is 13.5. The molecular formula is C21H23F3N4O3. The fraction of sp³-hybridized carbons (Fsp3) is 0.524. The molecule has 0 spiro atoms. The molecule has 2 atom stereocenters. The second kappa shape index (κ2) is 7.06. The number of fused-ring (bicyclic) bond motifs is 2. The molecule has 1 aliphatic carbocycles. The molecule has 31 heavy (non-hydrogen) atoms. The molecular weight excluding hydrogens is 413 g/mol. The molecule has 1 amide bonds. The maximum Gasteiger partial charge on any atom is 0.410 e. The van der Waals surface area contributed by atoms with Crippen LogP contribution in [0.1, 0.15) is 61.1 Å². The Morgan fingerprint density at radius 1 is 1.23 bits per heavy atom. The molecule has 166 valence electrons. The number of amides is 1. The summed E-state index contributed by atoms with van der Waals surface area (Å²) in [6.45, 7) is 1.84. The summed E-state index contributed by atoms with van der Waals surface area (Å²) in [6, 6.07) is 4.86. The van der Waals surface area contributed by atoms with Gasteiger partial charge in [-0.05, 0) is 43.9 Å². The van der Waals surface area contributed by atoms with Crippen molar-refractivity contribution >= 4 is 11.7 Å². The number of hydrogen-bond donors (Lipinski definition) is 2. The number of carbonyl (C=O) groups excluding carboxylic acids is 1. The molecule has 1 aromatic carbocycles. The molecule has 2 N–H and O–H groups in total. The molecule has 7 nitrogen and oxygen atoms in total. The monoisotopic (exact) mass is 436 g/mol. The van der Waals surface area contributed by atoms with Gasteiger partial charge in [0.1, 0.15) is 5.82 Å². The molecule has 2 aliphatic heterocycles. The van der Waals surface area contributed by atoms with Crippen molar-refractivity contribution in [1.82, 2.24) is 15.1 Å². The second-order valence-electron chi connectivity index (χ2n) is 8.51. The van der Waals surface area contributed by atoms with E-state index in [1.807, 2.05) is 18.2 Å². The van der Waals surface area contributed by atoms with E-state index in [0.29, 0.717) is 11.5 Å². The standard InChI is InChI=1S/C21H23F3N4O3/c1-12-8-17(21(22,23)24)28-18(25-12)10-14(27-28)19(29)26-20(6-2-3-7-20)13-4-5-15-16(9-13)31-11-30-15/h4-5,9-10,12,17,25H,2-3,6-8,11H2,1H3,(H,26,29)/t12-,17+/m0/s1. The number of ether oxygens (including phenoxy) is 2. The number of carbonyl (C=O) groups is 1. The van der Waals surface area contributed by atoms with Gasteiger partial charge in [-0.2, -0.15) is 18.3 Å². The zero-order valence-corrected chi connectivity index (χ0v) is 17.0. The molecule has 0 unspecified atom stereocenters. The van der Waals surface area contributed by atoms with Gasteiger partial charge >= 0.3 is 6.18 Å². The third-order valence-electron chi connectivity index (χ3n) is 6.35. The number of rotatable bonds is 3. The van der Waals surface area contributed by atoms with Gasteiger partial charge in [-0.1, -0.05) is 18.9 Å². The predicted octanol–water partition coefficient (Wildman–Crippen LogP) is 4.12. The van der Waals surface area contributed by atoms with Gasteiger partial charge in [-0.15, -0.1) is 0 Å². The Morgan fingerprint density at radius 3 is 2.71 bits per heavy atom. The van der Waals surface area contributed by atoms with Crippen LogP contribution in [0.25, 0.3) is 0 Å². The highest BCUT2D eigenvalue weighted by atomic mass is 19.4. The highest BCUT2D eigenvalue weighted by molar-refractivity contribution is 5.93. The van der Waals surface area contributed by atoms with E-state index in [0.717, 1.165) is 35.9 Å². The molecule has 5 rings (SSSR count). The average Bonchev–Trinajstić information content (AvgIpc) is 3.45. The van der Waals surface area contributed by atoms with Crippen LogP contribution in [-0.4, -0.2) is 34.7 Å². The van der Waals surface area contributed by atoms with E-state index in [1.165, 1.54) is 6.07 Å². The van der Waals surface area contributed by atoms with Crippen LogP contribution >= 0.6 is 0 Å². The first kappa shape index (κ1) is 20.0. The molecule has 0 saturated heterocycles. The number of halogens is 3. The van der Waals surface area contributed by atoms with Gasteiger partial charge in [0.15, 0.2) is 23.2 Å². The van der Waals surface area contributed by atoms with Gasteiger partial charge in [0.05, 0.1) is 5.54 Å². The number of hydrogen-bond acceptors (Lipinski definition) is 5. The molecule has 2 aromatic rings. The number of nitrogens with one attached hydrogen (secondary N) is 2. The molecule has 1 saturated carbocycles. The SMILES string of the molecule is C[C@H]1C[C@H](C(F)(F)F)n2nc(C(=O)NC3(c4ccc5c(c4)OCO5)CCCC3)cc2N1. The fourth-order valence-corrected chi connectivity index (χ4v) is 4.81. The molecule has 1 aromatic heterocycles. The van der Waals surface area contributed by atoms with E-state index in [-0.39, 0.29) is 30.8 Å². The highest BCUT2D eigenvalue weighted by Crippen LogP contribution is 2.43. The lowest BCUT2D eigenvalue weighted by atomic mass is 9.87. The number of nitrogens with zero attached hydrogens (tertiary/aromatic N) is 2. The normalized spacial score (nSPS) is 23.9. The van der Waals surface area contributed by atoms with Gasteiger partial charge in [-0.3, -0.25) is 4.79 Å². The van der Waals surface area contributed by atoms with Crippen LogP contribution in [0.5, 0.6) is 11.5 Å². The Hall–Kier alpha value is -2.91. The van der Waals surface area contributed by atoms with Crippen molar-refractivity contribution in [3.63, 3.8) is 0 Å². The second-order valence-corrected chi connectivity index (χ2v) is 8.51. The van der Waals surface area contributed by atoms with E-state index in [2.05, 4.69) is 15.7 Å². The van der Waals surface area contributed by atoms with Crippen molar-refractivity contribution < 1.29 is 27.4 Å². The van der Waals surface area contributed by atoms with E-state index in [1.54, 1.807) is 6.92 Å². The lowest BCUT2D eigenvalue weighted by molar-refractivity contribution is -0.173. The Labute approximate surface area is 176 Å². The molecule has 3 aliphatic rings. The first-order valence-electron chi connectivity index (χ1n) is 10.4. The quantitative estimate of drug-likeness (QED) is 0.757.